The summed E-state index contributed by atoms with van der Waals surface area (Å²) in [7, 11) is -2.45. The van der Waals surface area contributed by atoms with Crippen molar-refractivity contribution < 1.29 is 14.2 Å². The highest BCUT2D eigenvalue weighted by molar-refractivity contribution is 7.71. The number of hydrogen-bond donors (Lipinski definition) is 0. The minimum absolute atomic E-state index is 0.346. The first-order chi connectivity index (χ1) is 6.43. The van der Waals surface area contributed by atoms with E-state index in [0.717, 1.165) is 5.00 Å². The molecule has 0 aliphatic carbocycles. The van der Waals surface area contributed by atoms with Crippen LogP contribution in [0.5, 0.6) is 0 Å². The molecule has 0 saturated carbocycles. The van der Waals surface area contributed by atoms with E-state index in [2.05, 4.69) is 0 Å². The van der Waals surface area contributed by atoms with Gasteiger partial charge in [0.25, 0.3) is 7.30 Å². The van der Waals surface area contributed by atoms with Crippen LogP contribution in [0.15, 0.2) is 0 Å². The van der Waals surface area contributed by atoms with E-state index in [1.165, 1.54) is 0 Å². The van der Waals surface area contributed by atoms with Crippen LogP contribution >= 0.6 is 18.5 Å². The van der Waals surface area contributed by atoms with Gasteiger partial charge in [0.2, 0.25) is 0 Å². The van der Waals surface area contributed by atoms with Gasteiger partial charge in [-0.2, -0.15) is 0 Å². The molecule has 4 nitrogen and oxygen atoms in total. The van der Waals surface area contributed by atoms with E-state index in [1.54, 1.807) is 0 Å². The molecule has 0 heterocycles. The summed E-state index contributed by atoms with van der Waals surface area (Å²) < 4.78 is 11.0. The molecule has 0 aliphatic heterocycles. The van der Waals surface area contributed by atoms with Gasteiger partial charge in [-0.25, -0.2) is 0 Å². The van der Waals surface area contributed by atoms with E-state index in [4.69, 9.17) is 20.9 Å². The molecule has 0 radical (unpaired) electrons. The Balaban J connectivity index is 3.84. The Morgan fingerprint density at radius 3 is 1.71 bits per heavy atom. The molecule has 14 heavy (non-hydrogen) atoms. The minimum atomic E-state index is -2.45. The number of halogens is 1. The summed E-state index contributed by atoms with van der Waals surface area (Å²) in [6, 6.07) is 0. The Morgan fingerprint density at radius 2 is 1.50 bits per heavy atom. The SMILES string of the molecule is CC(C)CON(OCC(C)C)[PH](=O)Cl. The van der Waals surface area contributed by atoms with Crippen LogP contribution in [0.1, 0.15) is 27.7 Å². The fourth-order valence-corrected chi connectivity index (χ4v) is 1.22. The molecule has 0 aromatic heterocycles. The van der Waals surface area contributed by atoms with Gasteiger partial charge >= 0.3 is 0 Å². The van der Waals surface area contributed by atoms with Crippen molar-refractivity contribution in [2.24, 2.45) is 11.8 Å². The van der Waals surface area contributed by atoms with Gasteiger partial charge in [-0.05, 0) is 23.1 Å². The lowest BCUT2D eigenvalue weighted by Gasteiger charge is -2.19. The van der Waals surface area contributed by atoms with Gasteiger partial charge in [-0.3, -0.25) is 14.2 Å². The molecule has 0 fully saturated rings. The molecule has 0 bridgehead atoms. The van der Waals surface area contributed by atoms with Crippen LogP contribution < -0.4 is 0 Å². The fourth-order valence-electron chi connectivity index (χ4n) is 0.572. The van der Waals surface area contributed by atoms with Crippen LogP contribution in [0, 0.1) is 11.8 Å². The lowest BCUT2D eigenvalue weighted by Crippen LogP contribution is -2.21. The van der Waals surface area contributed by atoms with Crippen LogP contribution in [0.25, 0.3) is 0 Å². The van der Waals surface area contributed by atoms with Crippen LogP contribution in [-0.4, -0.2) is 18.2 Å². The zero-order valence-electron chi connectivity index (χ0n) is 9.12. The Bertz CT molecular complexity index is 166. The van der Waals surface area contributed by atoms with Gasteiger partial charge in [-0.15, -0.1) is 0 Å². The summed E-state index contributed by atoms with van der Waals surface area (Å²) >= 11 is 5.43. The van der Waals surface area contributed by atoms with Crippen molar-refractivity contribution >= 4 is 18.5 Å². The molecule has 1 unspecified atom stereocenters. The molecule has 0 aliphatic rings. The number of nitrogens with zero attached hydrogens (tertiary/aromatic N) is 1. The van der Waals surface area contributed by atoms with Gasteiger partial charge in [-0.1, -0.05) is 27.7 Å². The second-order valence-corrected chi connectivity index (χ2v) is 5.73. The third-order valence-electron chi connectivity index (χ3n) is 1.19. The van der Waals surface area contributed by atoms with E-state index in [1.807, 2.05) is 27.7 Å². The zero-order valence-corrected chi connectivity index (χ0v) is 10.9. The topological polar surface area (TPSA) is 38.8 Å². The quantitative estimate of drug-likeness (QED) is 0.509. The standard InChI is InChI=1S/C8H19ClNO3P/c1-7(2)5-12-10(14(9)11)13-6-8(3)4/h7-8,14H,5-6H2,1-4H3. The maximum absolute atomic E-state index is 11.0. The third kappa shape index (κ3) is 7.77. The van der Waals surface area contributed by atoms with Crippen molar-refractivity contribution in [3.05, 3.63) is 0 Å². The summed E-state index contributed by atoms with van der Waals surface area (Å²) in [5.74, 6) is 0.691. The van der Waals surface area contributed by atoms with Crippen molar-refractivity contribution in [1.29, 1.82) is 0 Å². The third-order valence-corrected chi connectivity index (χ3v) is 2.15. The second kappa shape index (κ2) is 7.66. The highest BCUT2D eigenvalue weighted by atomic mass is 35.7. The van der Waals surface area contributed by atoms with Crippen molar-refractivity contribution in [2.45, 2.75) is 27.7 Å². The molecule has 0 N–H and O–H groups in total. The maximum Gasteiger partial charge on any atom is 0.271 e. The Morgan fingerprint density at radius 1 is 1.14 bits per heavy atom. The first kappa shape index (κ1) is 14.4. The molecule has 1 atom stereocenters. The predicted octanol–water partition coefficient (Wildman–Crippen LogP) is 3.09. The van der Waals surface area contributed by atoms with E-state index in [9.17, 15) is 4.57 Å². The van der Waals surface area contributed by atoms with Crippen molar-refractivity contribution in [1.82, 2.24) is 5.00 Å². The zero-order chi connectivity index (χ0) is 11.1. The second-order valence-electron chi connectivity index (χ2n) is 3.89. The van der Waals surface area contributed by atoms with E-state index >= 15 is 0 Å². The van der Waals surface area contributed by atoms with Crippen molar-refractivity contribution in [2.75, 3.05) is 13.2 Å². The number of rotatable bonds is 7. The largest absolute Gasteiger partial charge is 0.288 e. The monoisotopic (exact) mass is 243 g/mol. The molecule has 0 aromatic carbocycles. The fraction of sp³-hybridized carbons (Fsp3) is 1.00. The molecule has 0 spiro atoms. The van der Waals surface area contributed by atoms with Gasteiger partial charge in [0.1, 0.15) is 0 Å². The molecule has 0 amide bonds. The summed E-state index contributed by atoms with van der Waals surface area (Å²) in [5.41, 5.74) is 0. The lowest BCUT2D eigenvalue weighted by atomic mass is 10.2. The molecule has 0 rings (SSSR count). The van der Waals surface area contributed by atoms with Crippen LogP contribution in [0.4, 0.5) is 0 Å². The highest BCUT2D eigenvalue weighted by Gasteiger charge is 2.13. The summed E-state index contributed by atoms with van der Waals surface area (Å²) in [6.07, 6.45) is 0. The molecular formula is C8H19ClNO3P. The van der Waals surface area contributed by atoms with Gasteiger partial charge in [0, 0.05) is 5.00 Å². The number of hydrogen-bond acceptors (Lipinski definition) is 3. The average molecular weight is 244 g/mol. The van der Waals surface area contributed by atoms with Gasteiger partial charge < -0.3 is 0 Å². The minimum Gasteiger partial charge on any atom is -0.288 e. The van der Waals surface area contributed by atoms with Crippen molar-refractivity contribution in [3.63, 3.8) is 0 Å². The molecular weight excluding hydrogens is 225 g/mol. The maximum atomic E-state index is 11.0. The molecule has 6 heteroatoms. The van der Waals surface area contributed by atoms with E-state index < -0.39 is 7.30 Å². The predicted molar refractivity (Wildman–Crippen MR) is 58.3 cm³/mol. The van der Waals surface area contributed by atoms with E-state index in [-0.39, 0.29) is 0 Å². The van der Waals surface area contributed by atoms with Crippen LogP contribution in [0.3, 0.4) is 0 Å². The smallest absolute Gasteiger partial charge is 0.271 e. The first-order valence-electron chi connectivity index (χ1n) is 4.69. The normalized spacial score (nSPS) is 14.3. The Hall–Kier alpha value is 0.400. The Kier molecular flexibility index (Phi) is 7.88. The van der Waals surface area contributed by atoms with Crippen molar-refractivity contribution in [3.8, 4) is 0 Å². The van der Waals surface area contributed by atoms with Gasteiger partial charge in [0.05, 0.1) is 13.2 Å². The van der Waals surface area contributed by atoms with Gasteiger partial charge in [0.15, 0.2) is 0 Å². The first-order valence-corrected chi connectivity index (χ1v) is 7.05. The summed E-state index contributed by atoms with van der Waals surface area (Å²) in [6.45, 7) is 8.86. The molecule has 0 aromatic rings. The Labute approximate surface area is 91.0 Å². The van der Waals surface area contributed by atoms with E-state index in [0.29, 0.717) is 25.0 Å². The average Bonchev–Trinajstić information content (AvgIpc) is 2.02. The summed E-state index contributed by atoms with van der Waals surface area (Å²) in [4.78, 5) is 11.2. The highest BCUT2D eigenvalue weighted by Crippen LogP contribution is 2.33. The van der Waals surface area contributed by atoms with Crippen LogP contribution in [0.2, 0.25) is 0 Å². The molecule has 86 valence electrons. The van der Waals surface area contributed by atoms with Crippen LogP contribution in [-0.2, 0) is 14.2 Å². The summed E-state index contributed by atoms with van der Waals surface area (Å²) in [5, 5.41) is 0. The molecule has 0 saturated heterocycles. The lowest BCUT2D eigenvalue weighted by molar-refractivity contribution is -0.307.